The third kappa shape index (κ3) is 5.75. The predicted molar refractivity (Wildman–Crippen MR) is 105 cm³/mol. The van der Waals surface area contributed by atoms with Crippen LogP contribution in [0.5, 0.6) is 0 Å². The molecule has 3 N–H and O–H groups in total. The minimum absolute atomic E-state index is 0. The Morgan fingerprint density at radius 3 is 3.04 bits per heavy atom. The number of carbonyl (C=O) groups excluding carboxylic acids is 2. The van der Waals surface area contributed by atoms with Gasteiger partial charge >= 0.3 is 0 Å². The normalized spacial score (nSPS) is 16.6. The average Bonchev–Trinajstić information content (AvgIpc) is 3.35. The van der Waals surface area contributed by atoms with Crippen molar-refractivity contribution in [1.82, 2.24) is 20.4 Å². The summed E-state index contributed by atoms with van der Waals surface area (Å²) in [5, 5.41) is 8.70. The smallest absolute Gasteiger partial charge is 0.227 e. The van der Waals surface area contributed by atoms with E-state index in [1.54, 1.807) is 4.90 Å². The molecule has 1 atom stereocenters. The van der Waals surface area contributed by atoms with Gasteiger partial charge in [0.1, 0.15) is 0 Å². The first-order valence-electron chi connectivity index (χ1n) is 8.79. The zero-order valence-corrected chi connectivity index (χ0v) is 16.6. The summed E-state index contributed by atoms with van der Waals surface area (Å²) in [5.41, 5.74) is 5.41. The second-order valence-electron chi connectivity index (χ2n) is 6.25. The fourth-order valence-corrected chi connectivity index (χ4v) is 3.64. The monoisotopic (exact) mass is 413 g/mol. The van der Waals surface area contributed by atoms with Crippen molar-refractivity contribution in [2.24, 2.45) is 11.7 Å². The van der Waals surface area contributed by atoms with E-state index in [1.165, 1.54) is 11.3 Å². The van der Waals surface area contributed by atoms with Crippen molar-refractivity contribution in [2.75, 3.05) is 26.2 Å². The summed E-state index contributed by atoms with van der Waals surface area (Å²) >= 11 is 1.54. The summed E-state index contributed by atoms with van der Waals surface area (Å²) in [7, 11) is 0. The zero-order valence-electron chi connectivity index (χ0n) is 14.9. The number of nitrogens with two attached hydrogens (primary N) is 1. The van der Waals surface area contributed by atoms with Crippen molar-refractivity contribution in [1.29, 1.82) is 0 Å². The van der Waals surface area contributed by atoms with Gasteiger partial charge in [-0.3, -0.25) is 9.59 Å². The van der Waals surface area contributed by atoms with Gasteiger partial charge in [0.2, 0.25) is 23.5 Å². The lowest BCUT2D eigenvalue weighted by molar-refractivity contribution is -0.135. The molecule has 1 fully saturated rings. The molecule has 0 aromatic carbocycles. The van der Waals surface area contributed by atoms with Gasteiger partial charge in [0.15, 0.2) is 0 Å². The largest absolute Gasteiger partial charge is 0.355 e. The Balaban J connectivity index is 0.00000261. The van der Waals surface area contributed by atoms with E-state index in [9.17, 15) is 9.59 Å². The van der Waals surface area contributed by atoms with Crippen LogP contribution in [0.4, 0.5) is 0 Å². The zero-order chi connectivity index (χ0) is 18.4. The Bertz CT molecular complexity index is 737. The molecule has 1 aliphatic rings. The summed E-state index contributed by atoms with van der Waals surface area (Å²) in [6.07, 6.45) is 2.32. The highest BCUT2D eigenvalue weighted by atomic mass is 35.5. The molecule has 0 aliphatic carbocycles. The molecule has 1 unspecified atom stereocenters. The number of halogens is 1. The van der Waals surface area contributed by atoms with Crippen LogP contribution in [0.15, 0.2) is 22.0 Å². The van der Waals surface area contributed by atoms with E-state index in [0.29, 0.717) is 50.7 Å². The van der Waals surface area contributed by atoms with Gasteiger partial charge in [-0.2, -0.15) is 4.98 Å². The Hall–Kier alpha value is -1.97. The number of aryl methyl sites for hydroxylation is 1. The van der Waals surface area contributed by atoms with Gasteiger partial charge in [0.05, 0.1) is 10.8 Å². The number of carbonyl (C=O) groups is 2. The number of aromatic nitrogens is 2. The molecular formula is C17H24ClN5O3S. The van der Waals surface area contributed by atoms with Gasteiger partial charge < -0.3 is 20.5 Å². The molecule has 10 heteroatoms. The van der Waals surface area contributed by atoms with Crippen LogP contribution < -0.4 is 11.1 Å². The summed E-state index contributed by atoms with van der Waals surface area (Å²) in [6, 6.07) is 3.85. The minimum Gasteiger partial charge on any atom is -0.355 e. The molecule has 1 aliphatic heterocycles. The number of hydrogen-bond acceptors (Lipinski definition) is 7. The lowest BCUT2D eigenvalue weighted by Gasteiger charge is -2.32. The lowest BCUT2D eigenvalue weighted by atomic mass is 9.96. The second kappa shape index (κ2) is 10.4. The molecule has 8 nitrogen and oxygen atoms in total. The standard InChI is InChI=1S/C17H23N5O3S.ClH/c18-7-8-19-17(24)12-3-1-9-22(11-12)15(23)6-5-14-20-16(21-25-14)13-4-2-10-26-13;/h2,4,10,12H,1,3,5-9,11,18H2,(H,19,24);1H. The van der Waals surface area contributed by atoms with Gasteiger partial charge in [0, 0.05) is 39.0 Å². The molecule has 3 heterocycles. The lowest BCUT2D eigenvalue weighted by Crippen LogP contribution is -2.46. The second-order valence-corrected chi connectivity index (χ2v) is 7.20. The number of thiophene rings is 1. The van der Waals surface area contributed by atoms with Gasteiger partial charge in [-0.25, -0.2) is 0 Å². The van der Waals surface area contributed by atoms with Crippen molar-refractivity contribution in [3.8, 4) is 10.7 Å². The molecule has 3 rings (SSSR count). The molecule has 0 spiro atoms. The Morgan fingerprint density at radius 1 is 1.44 bits per heavy atom. The van der Waals surface area contributed by atoms with E-state index in [4.69, 9.17) is 10.3 Å². The van der Waals surface area contributed by atoms with Crippen LogP contribution in [0.1, 0.15) is 25.2 Å². The number of nitrogens with zero attached hydrogens (tertiary/aromatic N) is 3. The third-order valence-corrected chi connectivity index (χ3v) is 5.22. The van der Waals surface area contributed by atoms with E-state index >= 15 is 0 Å². The highest BCUT2D eigenvalue weighted by Gasteiger charge is 2.28. The van der Waals surface area contributed by atoms with Crippen LogP contribution in [0.3, 0.4) is 0 Å². The van der Waals surface area contributed by atoms with Crippen LogP contribution in [-0.2, 0) is 16.0 Å². The van der Waals surface area contributed by atoms with E-state index in [2.05, 4.69) is 15.5 Å². The fraction of sp³-hybridized carbons (Fsp3) is 0.529. The molecule has 2 aromatic heterocycles. The fourth-order valence-electron chi connectivity index (χ4n) is 2.99. The predicted octanol–water partition coefficient (Wildman–Crippen LogP) is 1.47. The van der Waals surface area contributed by atoms with Crippen molar-refractivity contribution >= 4 is 35.6 Å². The Labute approximate surface area is 167 Å². The first-order chi connectivity index (χ1) is 12.7. The molecule has 2 aromatic rings. The van der Waals surface area contributed by atoms with E-state index in [1.807, 2.05) is 17.5 Å². The van der Waals surface area contributed by atoms with Gasteiger partial charge in [-0.15, -0.1) is 23.7 Å². The summed E-state index contributed by atoms with van der Waals surface area (Å²) in [5.74, 6) is 0.837. The van der Waals surface area contributed by atoms with Crippen LogP contribution >= 0.6 is 23.7 Å². The van der Waals surface area contributed by atoms with Gasteiger partial charge in [-0.1, -0.05) is 11.2 Å². The van der Waals surface area contributed by atoms with Crippen molar-refractivity contribution in [3.05, 3.63) is 23.4 Å². The quantitative estimate of drug-likeness (QED) is 0.710. The van der Waals surface area contributed by atoms with Crippen LogP contribution in [0, 0.1) is 5.92 Å². The summed E-state index contributed by atoms with van der Waals surface area (Å²) in [4.78, 5) is 31.6. The number of likely N-dealkylation sites (tertiary alicyclic amines) is 1. The van der Waals surface area contributed by atoms with Crippen LogP contribution in [-0.4, -0.2) is 53.0 Å². The SMILES string of the molecule is Cl.NCCNC(=O)C1CCCN(C(=O)CCc2nc(-c3cccs3)no2)C1. The maximum absolute atomic E-state index is 12.5. The van der Waals surface area contributed by atoms with Crippen molar-refractivity contribution in [3.63, 3.8) is 0 Å². The number of amides is 2. The topological polar surface area (TPSA) is 114 Å². The molecule has 27 heavy (non-hydrogen) atoms. The van der Waals surface area contributed by atoms with Gasteiger partial charge in [0.25, 0.3) is 0 Å². The molecule has 0 saturated carbocycles. The number of hydrogen-bond donors (Lipinski definition) is 2. The van der Waals surface area contributed by atoms with Crippen molar-refractivity contribution < 1.29 is 14.1 Å². The summed E-state index contributed by atoms with van der Waals surface area (Å²) in [6.45, 7) is 2.02. The molecule has 0 bridgehead atoms. The Morgan fingerprint density at radius 2 is 2.30 bits per heavy atom. The highest BCUT2D eigenvalue weighted by Crippen LogP contribution is 2.22. The maximum Gasteiger partial charge on any atom is 0.227 e. The molecule has 1 saturated heterocycles. The molecule has 0 radical (unpaired) electrons. The van der Waals surface area contributed by atoms with Crippen LogP contribution in [0.25, 0.3) is 10.7 Å². The molecule has 2 amide bonds. The van der Waals surface area contributed by atoms with E-state index < -0.39 is 0 Å². The first kappa shape index (κ1) is 21.3. The molecular weight excluding hydrogens is 390 g/mol. The van der Waals surface area contributed by atoms with E-state index in [0.717, 1.165) is 17.7 Å². The number of rotatable bonds is 7. The maximum atomic E-state index is 12.5. The Kier molecular flexibility index (Phi) is 8.21. The number of nitrogens with one attached hydrogen (secondary N) is 1. The third-order valence-electron chi connectivity index (χ3n) is 4.35. The van der Waals surface area contributed by atoms with Crippen LogP contribution in [0.2, 0.25) is 0 Å². The average molecular weight is 414 g/mol. The van der Waals surface area contributed by atoms with Crippen molar-refractivity contribution in [2.45, 2.75) is 25.7 Å². The molecule has 148 valence electrons. The highest BCUT2D eigenvalue weighted by molar-refractivity contribution is 7.13. The summed E-state index contributed by atoms with van der Waals surface area (Å²) < 4.78 is 5.23. The minimum atomic E-state index is -0.159. The van der Waals surface area contributed by atoms with Gasteiger partial charge in [-0.05, 0) is 24.3 Å². The number of piperidine rings is 1. The van der Waals surface area contributed by atoms with E-state index in [-0.39, 0.29) is 30.1 Å². The first-order valence-corrected chi connectivity index (χ1v) is 9.67.